The standard InChI is InChI=1S/C22H37N3O3S/c1-2-23-22(24-15-9-17-28-21-13-7-4-8-14-21)25-16-10-18-29(26,27)19-20-11-5-3-6-12-20/h3,5-6,11-12,21H,2,4,7-10,13-19H2,1H3,(H2,23,24,25). The van der Waals surface area contributed by atoms with Crippen LogP contribution in [0.15, 0.2) is 35.3 Å². The summed E-state index contributed by atoms with van der Waals surface area (Å²) in [5.41, 5.74) is 0.835. The number of sulfone groups is 1. The lowest BCUT2D eigenvalue weighted by Crippen LogP contribution is -2.38. The van der Waals surface area contributed by atoms with E-state index in [1.165, 1.54) is 32.1 Å². The van der Waals surface area contributed by atoms with Crippen LogP contribution >= 0.6 is 0 Å². The highest BCUT2D eigenvalue weighted by Gasteiger charge is 2.13. The summed E-state index contributed by atoms with van der Waals surface area (Å²) in [4.78, 5) is 4.50. The molecule has 1 aromatic rings. The Morgan fingerprint density at radius 1 is 1.10 bits per heavy atom. The third kappa shape index (κ3) is 10.7. The molecular weight excluding hydrogens is 386 g/mol. The van der Waals surface area contributed by atoms with Crippen molar-refractivity contribution in [3.05, 3.63) is 35.9 Å². The van der Waals surface area contributed by atoms with Gasteiger partial charge in [0, 0.05) is 26.2 Å². The van der Waals surface area contributed by atoms with E-state index in [9.17, 15) is 8.42 Å². The van der Waals surface area contributed by atoms with Gasteiger partial charge in [0.2, 0.25) is 0 Å². The summed E-state index contributed by atoms with van der Waals surface area (Å²) < 4.78 is 30.4. The zero-order valence-corrected chi connectivity index (χ0v) is 18.6. The second-order valence-electron chi connectivity index (χ2n) is 7.60. The van der Waals surface area contributed by atoms with E-state index in [0.717, 1.165) is 37.6 Å². The van der Waals surface area contributed by atoms with Gasteiger partial charge in [0.25, 0.3) is 0 Å². The first-order valence-corrected chi connectivity index (χ1v) is 12.8. The van der Waals surface area contributed by atoms with Crippen LogP contribution in [0.25, 0.3) is 0 Å². The molecule has 0 amide bonds. The van der Waals surface area contributed by atoms with Gasteiger partial charge in [-0.2, -0.15) is 0 Å². The van der Waals surface area contributed by atoms with Gasteiger partial charge in [0.1, 0.15) is 0 Å². The van der Waals surface area contributed by atoms with Crippen LogP contribution in [0.5, 0.6) is 0 Å². The molecule has 0 aromatic heterocycles. The van der Waals surface area contributed by atoms with Gasteiger partial charge in [-0.3, -0.25) is 4.99 Å². The van der Waals surface area contributed by atoms with Crippen molar-refractivity contribution in [2.75, 3.05) is 32.0 Å². The van der Waals surface area contributed by atoms with Crippen molar-refractivity contribution in [1.82, 2.24) is 10.6 Å². The Hall–Kier alpha value is -1.60. The summed E-state index contributed by atoms with van der Waals surface area (Å²) in [6, 6.07) is 9.32. The number of nitrogens with one attached hydrogen (secondary N) is 2. The van der Waals surface area contributed by atoms with Crippen molar-refractivity contribution in [3.8, 4) is 0 Å². The molecule has 0 radical (unpaired) electrons. The third-order valence-corrected chi connectivity index (χ3v) is 6.66. The fourth-order valence-corrected chi connectivity index (χ4v) is 4.89. The fraction of sp³-hybridized carbons (Fsp3) is 0.682. The van der Waals surface area contributed by atoms with E-state index in [-0.39, 0.29) is 11.5 Å². The Labute approximate surface area is 176 Å². The van der Waals surface area contributed by atoms with Crippen molar-refractivity contribution in [1.29, 1.82) is 0 Å². The highest BCUT2D eigenvalue weighted by Crippen LogP contribution is 2.20. The SMILES string of the molecule is CCNC(=NCCCS(=O)(=O)Cc1ccccc1)NCCCOC1CCCCC1. The first-order valence-electron chi connectivity index (χ1n) is 11.0. The third-order valence-electron chi connectivity index (χ3n) is 4.98. The maximum atomic E-state index is 12.3. The fourth-order valence-electron chi connectivity index (χ4n) is 3.48. The molecule has 0 unspecified atom stereocenters. The van der Waals surface area contributed by atoms with E-state index < -0.39 is 9.84 Å². The van der Waals surface area contributed by atoms with Crippen LogP contribution in [-0.4, -0.2) is 52.5 Å². The van der Waals surface area contributed by atoms with Gasteiger partial charge in [0.05, 0.1) is 17.6 Å². The van der Waals surface area contributed by atoms with E-state index >= 15 is 0 Å². The van der Waals surface area contributed by atoms with E-state index in [4.69, 9.17) is 4.74 Å². The van der Waals surface area contributed by atoms with Crippen LogP contribution in [0.4, 0.5) is 0 Å². The Morgan fingerprint density at radius 2 is 1.86 bits per heavy atom. The summed E-state index contributed by atoms with van der Waals surface area (Å²) in [5, 5.41) is 6.51. The average molecular weight is 424 g/mol. The molecule has 0 heterocycles. The lowest BCUT2D eigenvalue weighted by Gasteiger charge is -2.22. The maximum absolute atomic E-state index is 12.3. The molecule has 1 saturated carbocycles. The lowest BCUT2D eigenvalue weighted by molar-refractivity contribution is 0.0277. The number of benzene rings is 1. The Balaban J connectivity index is 1.63. The van der Waals surface area contributed by atoms with Gasteiger partial charge in [-0.25, -0.2) is 8.42 Å². The number of hydrogen-bond donors (Lipinski definition) is 2. The largest absolute Gasteiger partial charge is 0.378 e. The van der Waals surface area contributed by atoms with E-state index in [1.807, 2.05) is 37.3 Å². The Kier molecular flexibility index (Phi) is 11.1. The predicted molar refractivity (Wildman–Crippen MR) is 120 cm³/mol. The molecule has 0 saturated heterocycles. The summed E-state index contributed by atoms with van der Waals surface area (Å²) in [5.74, 6) is 0.988. The molecule has 1 aliphatic rings. The molecule has 0 aliphatic heterocycles. The monoisotopic (exact) mass is 423 g/mol. The van der Waals surface area contributed by atoms with Gasteiger partial charge in [-0.05, 0) is 38.2 Å². The lowest BCUT2D eigenvalue weighted by atomic mass is 9.98. The van der Waals surface area contributed by atoms with Crippen molar-refractivity contribution in [2.45, 2.75) is 63.7 Å². The first-order chi connectivity index (χ1) is 14.1. The van der Waals surface area contributed by atoms with Crippen molar-refractivity contribution in [3.63, 3.8) is 0 Å². The highest BCUT2D eigenvalue weighted by atomic mass is 32.2. The minimum Gasteiger partial charge on any atom is -0.378 e. The summed E-state index contributed by atoms with van der Waals surface area (Å²) in [6.07, 6.45) is 8.24. The molecule has 1 aromatic carbocycles. The number of guanidine groups is 1. The second-order valence-corrected chi connectivity index (χ2v) is 9.79. The second kappa shape index (κ2) is 13.6. The molecule has 29 heavy (non-hydrogen) atoms. The van der Waals surface area contributed by atoms with Gasteiger partial charge in [-0.1, -0.05) is 49.6 Å². The van der Waals surface area contributed by atoms with E-state index in [0.29, 0.717) is 19.1 Å². The molecule has 0 bridgehead atoms. The number of hydrogen-bond acceptors (Lipinski definition) is 4. The van der Waals surface area contributed by atoms with Gasteiger partial charge < -0.3 is 15.4 Å². The zero-order chi connectivity index (χ0) is 20.8. The van der Waals surface area contributed by atoms with Crippen LogP contribution < -0.4 is 10.6 Å². The molecule has 6 nitrogen and oxygen atoms in total. The molecular formula is C22H37N3O3S. The minimum absolute atomic E-state index is 0.0941. The van der Waals surface area contributed by atoms with Crippen LogP contribution in [0.3, 0.4) is 0 Å². The number of nitrogens with zero attached hydrogens (tertiary/aromatic N) is 1. The Morgan fingerprint density at radius 3 is 2.59 bits per heavy atom. The molecule has 2 N–H and O–H groups in total. The zero-order valence-electron chi connectivity index (χ0n) is 17.7. The summed E-state index contributed by atoms with van der Waals surface area (Å²) >= 11 is 0. The topological polar surface area (TPSA) is 79.8 Å². The molecule has 0 atom stereocenters. The Bertz CT molecular complexity index is 687. The number of ether oxygens (including phenoxy) is 1. The molecule has 0 spiro atoms. The quantitative estimate of drug-likeness (QED) is 0.306. The smallest absolute Gasteiger partial charge is 0.191 e. The molecule has 164 valence electrons. The maximum Gasteiger partial charge on any atom is 0.191 e. The van der Waals surface area contributed by atoms with Gasteiger partial charge in [0.15, 0.2) is 15.8 Å². The van der Waals surface area contributed by atoms with E-state index in [2.05, 4.69) is 15.6 Å². The minimum atomic E-state index is -3.11. The predicted octanol–water partition coefficient (Wildman–Crippen LogP) is 3.29. The normalized spacial score (nSPS) is 16.0. The first kappa shape index (κ1) is 23.7. The summed E-state index contributed by atoms with van der Waals surface area (Å²) in [6.45, 7) is 4.85. The van der Waals surface area contributed by atoms with Gasteiger partial charge in [-0.15, -0.1) is 0 Å². The molecule has 7 heteroatoms. The number of rotatable bonds is 12. The van der Waals surface area contributed by atoms with Crippen molar-refractivity contribution in [2.24, 2.45) is 4.99 Å². The summed E-state index contributed by atoms with van der Waals surface area (Å²) in [7, 11) is -3.11. The van der Waals surface area contributed by atoms with Crippen LogP contribution in [0.1, 0.15) is 57.4 Å². The van der Waals surface area contributed by atoms with Crippen molar-refractivity contribution < 1.29 is 13.2 Å². The van der Waals surface area contributed by atoms with Crippen LogP contribution in [-0.2, 0) is 20.3 Å². The molecule has 2 rings (SSSR count). The molecule has 1 fully saturated rings. The van der Waals surface area contributed by atoms with E-state index in [1.54, 1.807) is 0 Å². The molecule has 1 aliphatic carbocycles. The number of aliphatic imine (C=N–C) groups is 1. The van der Waals surface area contributed by atoms with Crippen LogP contribution in [0.2, 0.25) is 0 Å². The van der Waals surface area contributed by atoms with Crippen LogP contribution in [0, 0.1) is 0 Å². The highest BCUT2D eigenvalue weighted by molar-refractivity contribution is 7.90. The van der Waals surface area contributed by atoms with Gasteiger partial charge >= 0.3 is 0 Å². The van der Waals surface area contributed by atoms with Crippen molar-refractivity contribution >= 4 is 15.8 Å². The average Bonchev–Trinajstić information content (AvgIpc) is 2.72.